The summed E-state index contributed by atoms with van der Waals surface area (Å²) >= 11 is 0. The van der Waals surface area contributed by atoms with Gasteiger partial charge in [-0.05, 0) is 43.0 Å². The van der Waals surface area contributed by atoms with Gasteiger partial charge in [-0.1, -0.05) is 13.8 Å². The predicted octanol–water partition coefficient (Wildman–Crippen LogP) is 3.34. The number of aromatic nitrogens is 3. The summed E-state index contributed by atoms with van der Waals surface area (Å²) in [5.41, 5.74) is 9.99. The molecule has 150 valence electrons. The summed E-state index contributed by atoms with van der Waals surface area (Å²) in [6, 6.07) is 7.09. The Kier molecular flexibility index (Phi) is 4.53. The van der Waals surface area contributed by atoms with Crippen molar-refractivity contribution >= 4 is 11.7 Å². The first-order valence-corrected chi connectivity index (χ1v) is 9.54. The summed E-state index contributed by atoms with van der Waals surface area (Å²) in [5, 5.41) is 0. The lowest BCUT2D eigenvalue weighted by Gasteiger charge is -2.30. The molecule has 7 heteroatoms. The van der Waals surface area contributed by atoms with Crippen LogP contribution in [0.2, 0.25) is 0 Å². The number of primary amides is 1. The molecular weight excluding hydrogens is 368 g/mol. The maximum atomic E-state index is 12.7. The number of H-pyrrole nitrogens is 1. The smallest absolute Gasteiger partial charge is 0.248 e. The summed E-state index contributed by atoms with van der Waals surface area (Å²) in [4.78, 5) is 31.4. The van der Waals surface area contributed by atoms with E-state index in [1.165, 1.54) is 0 Å². The Morgan fingerprint density at radius 1 is 1.31 bits per heavy atom. The Balaban J connectivity index is 1.83. The van der Waals surface area contributed by atoms with Crippen molar-refractivity contribution in [1.82, 2.24) is 14.5 Å². The van der Waals surface area contributed by atoms with E-state index in [0.29, 0.717) is 17.7 Å². The van der Waals surface area contributed by atoms with Gasteiger partial charge in [0.1, 0.15) is 12.4 Å². The zero-order valence-electron chi connectivity index (χ0n) is 16.8. The number of carbonyl (C=O) groups is 2. The van der Waals surface area contributed by atoms with Crippen molar-refractivity contribution in [2.75, 3.05) is 0 Å². The van der Waals surface area contributed by atoms with Crippen LogP contribution in [-0.4, -0.2) is 26.2 Å². The Morgan fingerprint density at radius 3 is 2.79 bits per heavy atom. The van der Waals surface area contributed by atoms with E-state index < -0.39 is 5.91 Å². The van der Waals surface area contributed by atoms with Crippen molar-refractivity contribution in [2.24, 2.45) is 11.1 Å². The van der Waals surface area contributed by atoms with Crippen LogP contribution in [0.5, 0.6) is 5.75 Å². The minimum atomic E-state index is -0.523. The minimum absolute atomic E-state index is 0.114. The number of nitrogens with zero attached hydrogens (tertiary/aromatic N) is 2. The molecule has 0 unspecified atom stereocenters. The molecule has 3 aromatic rings. The first kappa shape index (κ1) is 19.0. The van der Waals surface area contributed by atoms with Gasteiger partial charge in [0.2, 0.25) is 5.91 Å². The van der Waals surface area contributed by atoms with E-state index in [9.17, 15) is 9.59 Å². The second-order valence-electron chi connectivity index (χ2n) is 8.33. The number of Topliss-reactive ketones (excluding diaryl/α,β-unsaturated/α-hetero) is 1. The Hall–Kier alpha value is -3.35. The normalized spacial score (nSPS) is 15.2. The fraction of sp³-hybridized carbons (Fsp3) is 0.318. The summed E-state index contributed by atoms with van der Waals surface area (Å²) in [5.74, 6) is 0.158. The first-order valence-electron chi connectivity index (χ1n) is 9.54. The summed E-state index contributed by atoms with van der Waals surface area (Å²) < 4.78 is 8.09. The van der Waals surface area contributed by atoms with Crippen LogP contribution in [0.25, 0.3) is 5.69 Å². The lowest BCUT2D eigenvalue weighted by molar-refractivity contribution is 0.0910. The second-order valence-corrected chi connectivity index (χ2v) is 8.33. The number of aryl methyl sites for hydroxylation is 1. The van der Waals surface area contributed by atoms with Crippen molar-refractivity contribution in [3.8, 4) is 11.4 Å². The number of aromatic amines is 1. The SMILES string of the molecule is Cc1cc2c(n1-c1ccc(C(N)=O)cc1OCc1cnc[nH]1)CC(C)(C)CC2=O. The zero-order valence-corrected chi connectivity index (χ0v) is 16.8. The van der Waals surface area contributed by atoms with Gasteiger partial charge in [0.15, 0.2) is 5.78 Å². The molecule has 29 heavy (non-hydrogen) atoms. The van der Waals surface area contributed by atoms with Crippen LogP contribution in [0.3, 0.4) is 0 Å². The zero-order chi connectivity index (χ0) is 20.8. The summed E-state index contributed by atoms with van der Waals surface area (Å²) in [7, 11) is 0. The van der Waals surface area contributed by atoms with Gasteiger partial charge in [-0.2, -0.15) is 0 Å². The largest absolute Gasteiger partial charge is 0.485 e. The number of benzene rings is 1. The number of ketones is 1. The maximum absolute atomic E-state index is 12.7. The van der Waals surface area contributed by atoms with Gasteiger partial charge >= 0.3 is 0 Å². The number of nitrogens with one attached hydrogen (secondary N) is 1. The van der Waals surface area contributed by atoms with Gasteiger partial charge in [0, 0.05) is 28.9 Å². The average molecular weight is 392 g/mol. The number of imidazole rings is 1. The summed E-state index contributed by atoms with van der Waals surface area (Å²) in [6.45, 7) is 6.44. The van der Waals surface area contributed by atoms with Crippen molar-refractivity contribution in [2.45, 2.75) is 40.2 Å². The number of ether oxygens (including phenoxy) is 1. The Labute approximate surface area is 168 Å². The van der Waals surface area contributed by atoms with Crippen LogP contribution >= 0.6 is 0 Å². The van der Waals surface area contributed by atoms with Gasteiger partial charge in [0.05, 0.1) is 23.9 Å². The maximum Gasteiger partial charge on any atom is 0.248 e. The second kappa shape index (κ2) is 6.92. The van der Waals surface area contributed by atoms with Crippen molar-refractivity contribution in [1.29, 1.82) is 0 Å². The molecule has 3 N–H and O–H groups in total. The van der Waals surface area contributed by atoms with E-state index in [4.69, 9.17) is 10.5 Å². The average Bonchev–Trinajstić information content (AvgIpc) is 3.26. The van der Waals surface area contributed by atoms with Gasteiger partial charge in [-0.15, -0.1) is 0 Å². The van der Waals surface area contributed by atoms with Gasteiger partial charge in [0.25, 0.3) is 0 Å². The molecule has 0 saturated heterocycles. The van der Waals surface area contributed by atoms with Crippen molar-refractivity contribution in [3.05, 3.63) is 65.0 Å². The van der Waals surface area contributed by atoms with Gasteiger partial charge in [-0.25, -0.2) is 4.98 Å². The highest BCUT2D eigenvalue weighted by molar-refractivity contribution is 5.99. The molecule has 7 nitrogen and oxygen atoms in total. The van der Waals surface area contributed by atoms with Crippen molar-refractivity contribution in [3.63, 3.8) is 0 Å². The molecule has 0 bridgehead atoms. The molecule has 0 radical (unpaired) electrons. The molecule has 1 amide bonds. The van der Waals surface area contributed by atoms with Gasteiger partial charge in [-0.3, -0.25) is 9.59 Å². The lowest BCUT2D eigenvalue weighted by Crippen LogP contribution is -2.28. The third-order valence-corrected chi connectivity index (χ3v) is 5.30. The third-order valence-electron chi connectivity index (χ3n) is 5.30. The van der Waals surface area contributed by atoms with E-state index in [2.05, 4.69) is 28.4 Å². The molecule has 0 saturated carbocycles. The number of hydrogen-bond donors (Lipinski definition) is 2. The number of rotatable bonds is 5. The van der Waals surface area contributed by atoms with Crippen LogP contribution in [0, 0.1) is 12.3 Å². The molecule has 1 aliphatic carbocycles. The Bertz CT molecular complexity index is 1090. The monoisotopic (exact) mass is 392 g/mol. The highest BCUT2D eigenvalue weighted by atomic mass is 16.5. The Morgan fingerprint density at radius 2 is 2.10 bits per heavy atom. The number of amides is 1. The number of fused-ring (bicyclic) bond motifs is 1. The molecule has 2 aromatic heterocycles. The molecule has 4 rings (SSSR count). The molecule has 1 aliphatic rings. The molecule has 0 atom stereocenters. The number of hydrogen-bond acceptors (Lipinski definition) is 4. The van der Waals surface area contributed by atoms with Crippen LogP contribution in [-0.2, 0) is 13.0 Å². The topological polar surface area (TPSA) is 103 Å². The minimum Gasteiger partial charge on any atom is -0.485 e. The molecule has 1 aromatic carbocycles. The fourth-order valence-electron chi connectivity index (χ4n) is 3.97. The van der Waals surface area contributed by atoms with E-state index in [-0.39, 0.29) is 17.8 Å². The standard InChI is InChI=1S/C22H24N4O3/c1-13-6-16-18(8-22(2,3)9-19(16)27)26(13)17-5-4-14(21(23)28)7-20(17)29-11-15-10-24-12-25-15/h4-7,10,12H,8-9,11H2,1-3H3,(H2,23,28)(H,24,25). The quantitative estimate of drug-likeness (QED) is 0.695. The van der Waals surface area contributed by atoms with E-state index in [1.54, 1.807) is 24.7 Å². The molecule has 0 aliphatic heterocycles. The van der Waals surface area contributed by atoms with E-state index >= 15 is 0 Å². The van der Waals surface area contributed by atoms with Crippen molar-refractivity contribution < 1.29 is 14.3 Å². The van der Waals surface area contributed by atoms with Crippen LogP contribution in [0.1, 0.15) is 58.1 Å². The number of carbonyl (C=O) groups excluding carboxylic acids is 2. The highest BCUT2D eigenvalue weighted by Gasteiger charge is 2.34. The first-order chi connectivity index (χ1) is 13.7. The fourth-order valence-corrected chi connectivity index (χ4v) is 3.97. The molecule has 0 fully saturated rings. The van der Waals surface area contributed by atoms with E-state index in [0.717, 1.165) is 34.8 Å². The van der Waals surface area contributed by atoms with Crippen LogP contribution in [0.4, 0.5) is 0 Å². The third kappa shape index (κ3) is 3.55. The predicted molar refractivity (Wildman–Crippen MR) is 108 cm³/mol. The number of nitrogens with two attached hydrogens (primary N) is 1. The highest BCUT2D eigenvalue weighted by Crippen LogP contribution is 2.39. The van der Waals surface area contributed by atoms with E-state index in [1.807, 2.05) is 19.1 Å². The lowest BCUT2D eigenvalue weighted by atomic mass is 9.76. The summed E-state index contributed by atoms with van der Waals surface area (Å²) in [6.07, 6.45) is 4.58. The van der Waals surface area contributed by atoms with Crippen LogP contribution < -0.4 is 10.5 Å². The van der Waals surface area contributed by atoms with Crippen LogP contribution in [0.15, 0.2) is 36.8 Å². The molecule has 0 spiro atoms. The molecular formula is C22H24N4O3. The van der Waals surface area contributed by atoms with Gasteiger partial charge < -0.3 is 20.0 Å². The molecule has 2 heterocycles.